The van der Waals surface area contributed by atoms with E-state index in [9.17, 15) is 0 Å². The highest BCUT2D eigenvalue weighted by atomic mass is 16.3. The molecule has 2 nitrogen and oxygen atoms in total. The van der Waals surface area contributed by atoms with Gasteiger partial charge in [-0.15, -0.1) is 0 Å². The number of fused-ring (bicyclic) bond motifs is 1. The van der Waals surface area contributed by atoms with E-state index < -0.39 is 0 Å². The van der Waals surface area contributed by atoms with Crippen molar-refractivity contribution in [2.45, 2.75) is 26.8 Å². The van der Waals surface area contributed by atoms with Crippen molar-refractivity contribution in [3.63, 3.8) is 0 Å². The maximum absolute atomic E-state index is 5.82. The van der Waals surface area contributed by atoms with Gasteiger partial charge in [0, 0.05) is 5.56 Å². The van der Waals surface area contributed by atoms with Gasteiger partial charge < -0.3 is 9.73 Å². The molecule has 1 atom stereocenters. The summed E-state index contributed by atoms with van der Waals surface area (Å²) in [5.74, 6) is 2.00. The van der Waals surface area contributed by atoms with Crippen molar-refractivity contribution in [1.29, 1.82) is 0 Å². The fraction of sp³-hybridized carbons (Fsp3) is 0.263. The van der Waals surface area contributed by atoms with Crippen molar-refractivity contribution < 1.29 is 4.42 Å². The lowest BCUT2D eigenvalue weighted by Crippen LogP contribution is -2.19. The van der Waals surface area contributed by atoms with Gasteiger partial charge in [0.15, 0.2) is 0 Å². The highest BCUT2D eigenvalue weighted by Crippen LogP contribution is 2.34. The van der Waals surface area contributed by atoms with E-state index in [4.69, 9.17) is 4.42 Å². The first kappa shape index (κ1) is 13.9. The Morgan fingerprint density at radius 2 is 1.62 bits per heavy atom. The van der Waals surface area contributed by atoms with Crippen LogP contribution in [0.1, 0.15) is 34.3 Å². The van der Waals surface area contributed by atoms with Crippen molar-refractivity contribution in [2.75, 3.05) is 7.05 Å². The van der Waals surface area contributed by atoms with Crippen LogP contribution in [0.15, 0.2) is 46.9 Å². The lowest BCUT2D eigenvalue weighted by Gasteiger charge is -2.19. The van der Waals surface area contributed by atoms with Gasteiger partial charge in [0.25, 0.3) is 0 Å². The van der Waals surface area contributed by atoms with Crippen LogP contribution in [-0.4, -0.2) is 7.05 Å². The van der Waals surface area contributed by atoms with Crippen molar-refractivity contribution in [1.82, 2.24) is 5.32 Å². The predicted molar refractivity (Wildman–Crippen MR) is 87.8 cm³/mol. The van der Waals surface area contributed by atoms with E-state index in [1.54, 1.807) is 0 Å². The first-order chi connectivity index (χ1) is 10.1. The summed E-state index contributed by atoms with van der Waals surface area (Å²) >= 11 is 0. The minimum Gasteiger partial charge on any atom is -0.466 e. The number of hydrogen-bond donors (Lipinski definition) is 1. The molecule has 0 fully saturated rings. The molecule has 2 heteroatoms. The number of aryl methyl sites for hydroxylation is 2. The summed E-state index contributed by atoms with van der Waals surface area (Å²) in [5, 5.41) is 6.02. The third-order valence-electron chi connectivity index (χ3n) is 4.33. The Morgan fingerprint density at radius 3 is 2.29 bits per heavy atom. The van der Waals surface area contributed by atoms with Gasteiger partial charge in [-0.25, -0.2) is 0 Å². The second-order valence-electron chi connectivity index (χ2n) is 5.54. The van der Waals surface area contributed by atoms with Crippen molar-refractivity contribution in [3.05, 3.63) is 70.7 Å². The minimum absolute atomic E-state index is 0.147. The Labute approximate surface area is 125 Å². The van der Waals surface area contributed by atoms with Crippen molar-refractivity contribution in [3.8, 4) is 0 Å². The summed E-state index contributed by atoms with van der Waals surface area (Å²) in [7, 11) is 2.01. The summed E-state index contributed by atoms with van der Waals surface area (Å²) < 4.78 is 5.82. The van der Waals surface area contributed by atoms with Crippen LogP contribution in [0.5, 0.6) is 0 Å². The number of furan rings is 1. The molecule has 1 heterocycles. The molecule has 3 rings (SSSR count). The number of hydrogen-bond acceptors (Lipinski definition) is 2. The van der Waals surface area contributed by atoms with E-state index in [2.05, 4.69) is 54.7 Å². The third kappa shape index (κ3) is 2.26. The van der Waals surface area contributed by atoms with Crippen molar-refractivity contribution >= 4 is 10.8 Å². The van der Waals surface area contributed by atoms with Gasteiger partial charge >= 0.3 is 0 Å². The molecule has 1 N–H and O–H groups in total. The predicted octanol–water partition coefficient (Wildman–Crippen LogP) is 4.67. The smallest absolute Gasteiger partial charge is 0.106 e. The molecule has 0 amide bonds. The average Bonchev–Trinajstić information content (AvgIpc) is 2.75. The zero-order valence-electron chi connectivity index (χ0n) is 13.0. The first-order valence-electron chi connectivity index (χ1n) is 7.35. The van der Waals surface area contributed by atoms with Gasteiger partial charge in [0.2, 0.25) is 0 Å². The van der Waals surface area contributed by atoms with E-state index in [-0.39, 0.29) is 6.04 Å². The van der Waals surface area contributed by atoms with Crippen LogP contribution in [0.2, 0.25) is 0 Å². The number of rotatable bonds is 3. The molecular weight excluding hydrogens is 258 g/mol. The van der Waals surface area contributed by atoms with Gasteiger partial charge in [-0.3, -0.25) is 0 Å². The van der Waals surface area contributed by atoms with Crippen LogP contribution in [0.25, 0.3) is 10.8 Å². The molecule has 0 saturated carbocycles. The molecule has 21 heavy (non-hydrogen) atoms. The fourth-order valence-electron chi connectivity index (χ4n) is 3.19. The summed E-state index contributed by atoms with van der Waals surface area (Å²) in [6, 6.07) is 15.2. The van der Waals surface area contributed by atoms with Gasteiger partial charge in [0.1, 0.15) is 11.5 Å². The third-order valence-corrected chi connectivity index (χ3v) is 4.33. The van der Waals surface area contributed by atoms with E-state index >= 15 is 0 Å². The quantitative estimate of drug-likeness (QED) is 0.754. The fourth-order valence-corrected chi connectivity index (χ4v) is 3.19. The second kappa shape index (κ2) is 5.38. The van der Waals surface area contributed by atoms with Gasteiger partial charge in [0.05, 0.1) is 6.04 Å². The molecule has 3 aromatic rings. The molecule has 0 aliphatic heterocycles. The van der Waals surface area contributed by atoms with Crippen LogP contribution < -0.4 is 5.32 Å². The Balaban J connectivity index is 2.23. The standard InChI is InChI=1S/C19H21NO/c1-12-13(2)21-14(3)18(12)19(20-4)17-11-7-9-15-8-5-6-10-16(15)17/h5-11,19-20H,1-4H3. The maximum Gasteiger partial charge on any atom is 0.106 e. The Bertz CT molecular complexity index is 780. The average molecular weight is 279 g/mol. The molecule has 1 unspecified atom stereocenters. The lowest BCUT2D eigenvalue weighted by molar-refractivity contribution is 0.496. The Hall–Kier alpha value is -2.06. The van der Waals surface area contributed by atoms with Crippen LogP contribution in [0, 0.1) is 20.8 Å². The summed E-state index contributed by atoms with van der Waals surface area (Å²) in [4.78, 5) is 0. The zero-order valence-corrected chi connectivity index (χ0v) is 13.0. The molecule has 0 saturated heterocycles. The molecule has 108 valence electrons. The Kier molecular flexibility index (Phi) is 3.56. The molecule has 2 aromatic carbocycles. The van der Waals surface area contributed by atoms with Crippen LogP contribution >= 0.6 is 0 Å². The molecule has 0 aliphatic rings. The lowest BCUT2D eigenvalue weighted by atomic mass is 9.92. The Morgan fingerprint density at radius 1 is 0.905 bits per heavy atom. The highest BCUT2D eigenvalue weighted by molar-refractivity contribution is 5.86. The van der Waals surface area contributed by atoms with Crippen LogP contribution in [0.4, 0.5) is 0 Å². The normalized spacial score (nSPS) is 12.8. The summed E-state index contributed by atoms with van der Waals surface area (Å²) in [6.45, 7) is 6.21. The molecule has 0 radical (unpaired) electrons. The van der Waals surface area contributed by atoms with Crippen LogP contribution in [0.3, 0.4) is 0 Å². The molecule has 0 aliphatic carbocycles. The summed E-state index contributed by atoms with van der Waals surface area (Å²) in [6.07, 6.45) is 0. The van der Waals surface area contributed by atoms with E-state index in [0.29, 0.717) is 0 Å². The minimum atomic E-state index is 0.147. The number of nitrogens with one attached hydrogen (secondary N) is 1. The highest BCUT2D eigenvalue weighted by Gasteiger charge is 2.22. The molecule has 1 aromatic heterocycles. The van der Waals surface area contributed by atoms with Gasteiger partial charge in [-0.05, 0) is 49.7 Å². The maximum atomic E-state index is 5.82. The first-order valence-corrected chi connectivity index (χ1v) is 7.35. The zero-order chi connectivity index (χ0) is 15.0. The number of benzene rings is 2. The molecular formula is C19H21NO. The van der Waals surface area contributed by atoms with E-state index in [1.807, 2.05) is 20.9 Å². The van der Waals surface area contributed by atoms with Crippen LogP contribution in [-0.2, 0) is 0 Å². The topological polar surface area (TPSA) is 25.2 Å². The molecule has 0 spiro atoms. The SMILES string of the molecule is CNC(c1c(C)oc(C)c1C)c1cccc2ccccc12. The van der Waals surface area contributed by atoms with Gasteiger partial charge in [-0.2, -0.15) is 0 Å². The van der Waals surface area contributed by atoms with Crippen molar-refractivity contribution in [2.24, 2.45) is 0 Å². The monoisotopic (exact) mass is 279 g/mol. The largest absolute Gasteiger partial charge is 0.466 e. The van der Waals surface area contributed by atoms with E-state index in [0.717, 1.165) is 11.5 Å². The van der Waals surface area contributed by atoms with Gasteiger partial charge in [-0.1, -0.05) is 42.5 Å². The van der Waals surface area contributed by atoms with E-state index in [1.165, 1.54) is 27.5 Å². The molecule has 0 bridgehead atoms. The second-order valence-corrected chi connectivity index (χ2v) is 5.54. The summed E-state index contributed by atoms with van der Waals surface area (Å²) in [5.41, 5.74) is 3.79.